The summed E-state index contributed by atoms with van der Waals surface area (Å²) in [6, 6.07) is 0. The van der Waals surface area contributed by atoms with Crippen LogP contribution in [-0.2, 0) is 23.7 Å². The fourth-order valence-corrected chi connectivity index (χ4v) is 1.15. The lowest BCUT2D eigenvalue weighted by Crippen LogP contribution is -2.20. The van der Waals surface area contributed by atoms with Crippen molar-refractivity contribution in [3.05, 3.63) is 12.2 Å². The molecule has 0 aromatic carbocycles. The Hall–Kier alpha value is -0.910. The van der Waals surface area contributed by atoms with Crippen molar-refractivity contribution < 1.29 is 23.7 Å². The summed E-state index contributed by atoms with van der Waals surface area (Å²) in [6.07, 6.45) is 3.22. The quantitative estimate of drug-likeness (QED) is 0.327. The summed E-state index contributed by atoms with van der Waals surface area (Å²) < 4.78 is 20.6. The summed E-state index contributed by atoms with van der Waals surface area (Å²) in [4.78, 5) is 11.2. The molecule has 1 atom stereocenters. The van der Waals surface area contributed by atoms with Crippen molar-refractivity contribution in [1.29, 1.82) is 0 Å². The molecule has 0 spiro atoms. The molecule has 5 nitrogen and oxygen atoms in total. The van der Waals surface area contributed by atoms with Gasteiger partial charge in [-0.2, -0.15) is 0 Å². The van der Waals surface area contributed by atoms with E-state index in [1.807, 2.05) is 20.8 Å². The summed E-state index contributed by atoms with van der Waals surface area (Å²) in [5, 5.41) is 0. The monoisotopic (exact) mass is 274 g/mol. The van der Waals surface area contributed by atoms with E-state index in [2.05, 4.69) is 0 Å². The van der Waals surface area contributed by atoms with Gasteiger partial charge < -0.3 is 18.9 Å². The maximum atomic E-state index is 11.2. The minimum atomic E-state index is -0.332. The summed E-state index contributed by atoms with van der Waals surface area (Å²) in [7, 11) is 1.63. The molecule has 0 N–H and O–H groups in total. The Morgan fingerprint density at radius 3 is 2.47 bits per heavy atom. The minimum Gasteiger partial charge on any atom is -0.460 e. The van der Waals surface area contributed by atoms with Crippen LogP contribution in [0.15, 0.2) is 12.2 Å². The van der Waals surface area contributed by atoms with Gasteiger partial charge in [0, 0.05) is 13.2 Å². The molecular weight excluding hydrogens is 248 g/mol. The zero-order chi connectivity index (χ0) is 14.5. The third-order valence-electron chi connectivity index (χ3n) is 2.13. The molecule has 0 heterocycles. The van der Waals surface area contributed by atoms with Gasteiger partial charge in [-0.15, -0.1) is 0 Å². The number of hydrogen-bond donors (Lipinski definition) is 0. The first-order valence-electron chi connectivity index (χ1n) is 6.59. The van der Waals surface area contributed by atoms with Crippen molar-refractivity contribution in [1.82, 2.24) is 0 Å². The molecule has 0 rings (SSSR count). The topological polar surface area (TPSA) is 54.0 Å². The van der Waals surface area contributed by atoms with Crippen LogP contribution in [0.1, 0.15) is 20.8 Å². The van der Waals surface area contributed by atoms with Gasteiger partial charge in [0.25, 0.3) is 0 Å². The van der Waals surface area contributed by atoms with Crippen LogP contribution in [-0.4, -0.2) is 52.2 Å². The molecule has 0 bridgehead atoms. The second kappa shape index (κ2) is 12.1. The summed E-state index contributed by atoms with van der Waals surface area (Å²) in [5.41, 5.74) is 0. The number of allylic oxidation sites excluding steroid dienone is 1. The average Bonchev–Trinajstić information content (AvgIpc) is 2.37. The lowest BCUT2D eigenvalue weighted by molar-refractivity contribution is -0.140. The first-order chi connectivity index (χ1) is 9.06. The van der Waals surface area contributed by atoms with Crippen LogP contribution in [0.4, 0.5) is 0 Å². The molecule has 5 heteroatoms. The fourth-order valence-electron chi connectivity index (χ4n) is 1.15. The van der Waals surface area contributed by atoms with Crippen LogP contribution < -0.4 is 0 Å². The van der Waals surface area contributed by atoms with Crippen LogP contribution in [0, 0.1) is 5.92 Å². The molecule has 1 unspecified atom stereocenters. The summed E-state index contributed by atoms with van der Waals surface area (Å²) >= 11 is 0. The van der Waals surface area contributed by atoms with Gasteiger partial charge >= 0.3 is 5.97 Å². The van der Waals surface area contributed by atoms with Crippen LogP contribution in [0.2, 0.25) is 0 Å². The van der Waals surface area contributed by atoms with Crippen molar-refractivity contribution in [2.45, 2.75) is 26.9 Å². The Labute approximate surface area is 115 Å². The number of hydrogen-bond acceptors (Lipinski definition) is 5. The minimum absolute atomic E-state index is 0.0261. The van der Waals surface area contributed by atoms with Crippen molar-refractivity contribution >= 4 is 5.97 Å². The number of carbonyl (C=O) groups excluding carboxylic acids is 1. The van der Waals surface area contributed by atoms with Crippen molar-refractivity contribution in [3.63, 3.8) is 0 Å². The van der Waals surface area contributed by atoms with E-state index in [1.165, 1.54) is 6.08 Å². The van der Waals surface area contributed by atoms with E-state index < -0.39 is 0 Å². The standard InChI is InChI=1S/C14H26O5/c1-12(2)5-6-14(15)19-10-9-18-13(3)11-17-8-7-16-4/h5-6,12-13H,7-11H2,1-4H3/b6-5+. The largest absolute Gasteiger partial charge is 0.460 e. The molecule has 0 fully saturated rings. The molecule has 0 aromatic heterocycles. The maximum Gasteiger partial charge on any atom is 0.330 e. The lowest BCUT2D eigenvalue weighted by atomic mass is 10.2. The maximum absolute atomic E-state index is 11.2. The Morgan fingerprint density at radius 2 is 1.84 bits per heavy atom. The number of ether oxygens (including phenoxy) is 4. The highest BCUT2D eigenvalue weighted by atomic mass is 16.6. The highest BCUT2D eigenvalue weighted by Crippen LogP contribution is 1.95. The SMILES string of the molecule is COCCOCC(C)OCCOC(=O)/C=C/C(C)C. The Bertz CT molecular complexity index is 250. The van der Waals surface area contributed by atoms with Crippen molar-refractivity contribution in [2.24, 2.45) is 5.92 Å². The van der Waals surface area contributed by atoms with Gasteiger partial charge in [-0.25, -0.2) is 4.79 Å². The third kappa shape index (κ3) is 13.3. The van der Waals surface area contributed by atoms with Gasteiger partial charge in [0.05, 0.1) is 32.5 Å². The molecule has 0 aliphatic carbocycles. The normalized spacial score (nSPS) is 13.1. The molecule has 0 saturated heterocycles. The van der Waals surface area contributed by atoms with Gasteiger partial charge in [-0.1, -0.05) is 19.9 Å². The third-order valence-corrected chi connectivity index (χ3v) is 2.13. The lowest BCUT2D eigenvalue weighted by Gasteiger charge is -2.13. The van der Waals surface area contributed by atoms with E-state index in [4.69, 9.17) is 18.9 Å². The zero-order valence-corrected chi connectivity index (χ0v) is 12.4. The number of rotatable bonds is 11. The zero-order valence-electron chi connectivity index (χ0n) is 12.4. The molecule has 0 aliphatic rings. The smallest absolute Gasteiger partial charge is 0.330 e. The van der Waals surface area contributed by atoms with Gasteiger partial charge in [0.1, 0.15) is 6.61 Å². The first-order valence-corrected chi connectivity index (χ1v) is 6.59. The van der Waals surface area contributed by atoms with Gasteiger partial charge in [-0.3, -0.25) is 0 Å². The van der Waals surface area contributed by atoms with E-state index in [0.717, 1.165) is 0 Å². The predicted molar refractivity (Wildman–Crippen MR) is 73.0 cm³/mol. The average molecular weight is 274 g/mol. The van der Waals surface area contributed by atoms with E-state index in [1.54, 1.807) is 13.2 Å². The highest BCUT2D eigenvalue weighted by molar-refractivity contribution is 5.81. The fraction of sp³-hybridized carbons (Fsp3) is 0.786. The Balaban J connectivity index is 3.44. The number of methoxy groups -OCH3 is 1. The molecule has 19 heavy (non-hydrogen) atoms. The molecular formula is C14H26O5. The van der Waals surface area contributed by atoms with E-state index in [9.17, 15) is 4.79 Å². The number of carbonyl (C=O) groups is 1. The second-order valence-corrected chi connectivity index (χ2v) is 4.52. The molecule has 0 aliphatic heterocycles. The number of esters is 1. The molecule has 0 radical (unpaired) electrons. The van der Waals surface area contributed by atoms with Crippen LogP contribution >= 0.6 is 0 Å². The summed E-state index contributed by atoms with van der Waals surface area (Å²) in [6.45, 7) is 8.17. The first kappa shape index (κ1) is 18.1. The Morgan fingerprint density at radius 1 is 1.11 bits per heavy atom. The van der Waals surface area contributed by atoms with Crippen LogP contribution in [0.5, 0.6) is 0 Å². The predicted octanol–water partition coefficient (Wildman–Crippen LogP) is 1.81. The highest BCUT2D eigenvalue weighted by Gasteiger charge is 2.03. The molecule has 0 aromatic rings. The summed E-state index contributed by atoms with van der Waals surface area (Å²) in [5.74, 6) is 0.00867. The van der Waals surface area contributed by atoms with E-state index >= 15 is 0 Å². The molecule has 0 amide bonds. The van der Waals surface area contributed by atoms with E-state index in [-0.39, 0.29) is 18.7 Å². The van der Waals surface area contributed by atoms with Crippen LogP contribution in [0.3, 0.4) is 0 Å². The van der Waals surface area contributed by atoms with E-state index in [0.29, 0.717) is 32.3 Å². The van der Waals surface area contributed by atoms with Crippen molar-refractivity contribution in [3.8, 4) is 0 Å². The van der Waals surface area contributed by atoms with Crippen molar-refractivity contribution in [2.75, 3.05) is 40.1 Å². The molecule has 112 valence electrons. The second-order valence-electron chi connectivity index (χ2n) is 4.52. The Kier molecular flexibility index (Phi) is 11.6. The van der Waals surface area contributed by atoms with Gasteiger partial charge in [0.15, 0.2) is 0 Å². The van der Waals surface area contributed by atoms with Crippen LogP contribution in [0.25, 0.3) is 0 Å². The van der Waals surface area contributed by atoms with Gasteiger partial charge in [-0.05, 0) is 12.8 Å². The molecule has 0 saturated carbocycles. The van der Waals surface area contributed by atoms with Gasteiger partial charge in [0.2, 0.25) is 0 Å².